The molecular formula is C22H36Cl2N4O5S. The maximum Gasteiger partial charge on any atom is 0.248 e. The summed E-state index contributed by atoms with van der Waals surface area (Å²) < 4.78 is 36.0. The first-order valence-electron chi connectivity index (χ1n) is 11.6. The van der Waals surface area contributed by atoms with E-state index in [9.17, 15) is 13.2 Å². The molecule has 0 aromatic heterocycles. The van der Waals surface area contributed by atoms with Gasteiger partial charge in [-0.2, -0.15) is 0 Å². The highest BCUT2D eigenvalue weighted by Crippen LogP contribution is 2.37. The van der Waals surface area contributed by atoms with Crippen LogP contribution in [-0.4, -0.2) is 129 Å². The molecule has 0 radical (unpaired) electrons. The standard InChI is InChI=1S/C22H36Cl2N4O5S/c1-25-10-12-27(13-11-25)18-6-8-28(9-7-18)21(29)17-33-15-14-26(2)34(30,31)20-5-4-19(32-3)16-22(20,23)24/h4-5,16,18,20H,6-15,17H2,1-3H3. The minimum atomic E-state index is -3.84. The van der Waals surface area contributed by atoms with E-state index in [1.54, 1.807) is 0 Å². The topological polar surface area (TPSA) is 82.6 Å². The molecule has 0 N–H and O–H groups in total. The van der Waals surface area contributed by atoms with Crippen LogP contribution in [0.2, 0.25) is 0 Å². The van der Waals surface area contributed by atoms with Gasteiger partial charge in [0.1, 0.15) is 17.6 Å². The number of ether oxygens (including phenoxy) is 2. The first-order chi connectivity index (χ1) is 16.0. The third-order valence-electron chi connectivity index (χ3n) is 6.79. The van der Waals surface area contributed by atoms with Gasteiger partial charge in [0.05, 0.1) is 13.7 Å². The van der Waals surface area contributed by atoms with Crippen LogP contribution in [0.5, 0.6) is 0 Å². The first-order valence-corrected chi connectivity index (χ1v) is 13.9. The Hall–Kier alpha value is -0.880. The Morgan fingerprint density at radius 1 is 1.18 bits per heavy atom. The number of rotatable bonds is 9. The molecule has 9 nitrogen and oxygen atoms in total. The molecule has 1 amide bonds. The lowest BCUT2D eigenvalue weighted by atomic mass is 10.0. The van der Waals surface area contributed by atoms with E-state index in [1.807, 2.05) is 4.90 Å². The molecule has 1 aliphatic carbocycles. The van der Waals surface area contributed by atoms with Crippen molar-refractivity contribution in [3.8, 4) is 0 Å². The first kappa shape index (κ1) is 27.7. The van der Waals surface area contributed by atoms with E-state index in [0.717, 1.165) is 56.4 Å². The van der Waals surface area contributed by atoms with Crippen LogP contribution in [-0.2, 0) is 24.3 Å². The van der Waals surface area contributed by atoms with E-state index in [2.05, 4.69) is 16.8 Å². The van der Waals surface area contributed by atoms with Crippen molar-refractivity contribution >= 4 is 39.1 Å². The van der Waals surface area contributed by atoms with Crippen LogP contribution < -0.4 is 0 Å². The monoisotopic (exact) mass is 538 g/mol. The van der Waals surface area contributed by atoms with Crippen LogP contribution in [0.25, 0.3) is 0 Å². The van der Waals surface area contributed by atoms with Crippen LogP contribution >= 0.6 is 23.2 Å². The van der Waals surface area contributed by atoms with Gasteiger partial charge in [-0.1, -0.05) is 29.3 Å². The average Bonchev–Trinajstić information content (AvgIpc) is 2.81. The number of hydrogen-bond donors (Lipinski definition) is 0. The molecule has 2 aliphatic heterocycles. The number of nitrogens with zero attached hydrogens (tertiary/aromatic N) is 4. The van der Waals surface area contributed by atoms with Gasteiger partial charge in [0.15, 0.2) is 4.33 Å². The largest absolute Gasteiger partial charge is 0.497 e. The molecule has 2 saturated heterocycles. The highest BCUT2D eigenvalue weighted by molar-refractivity contribution is 7.90. The molecule has 0 aromatic carbocycles. The molecule has 1 atom stereocenters. The number of carbonyl (C=O) groups is 1. The number of methoxy groups -OCH3 is 1. The lowest BCUT2D eigenvalue weighted by Gasteiger charge is -2.42. The van der Waals surface area contributed by atoms with E-state index in [1.165, 1.54) is 32.4 Å². The van der Waals surface area contributed by atoms with Gasteiger partial charge >= 0.3 is 0 Å². The van der Waals surface area contributed by atoms with Crippen molar-refractivity contribution < 1.29 is 22.7 Å². The molecule has 12 heteroatoms. The molecule has 34 heavy (non-hydrogen) atoms. The molecule has 3 rings (SSSR count). The molecule has 3 aliphatic rings. The van der Waals surface area contributed by atoms with Crippen LogP contribution in [0.15, 0.2) is 24.0 Å². The van der Waals surface area contributed by atoms with E-state index in [-0.39, 0.29) is 25.7 Å². The number of amides is 1. The van der Waals surface area contributed by atoms with Gasteiger partial charge < -0.3 is 19.3 Å². The summed E-state index contributed by atoms with van der Waals surface area (Å²) in [5.41, 5.74) is 0. The number of piperidine rings is 1. The van der Waals surface area contributed by atoms with E-state index in [0.29, 0.717) is 11.8 Å². The van der Waals surface area contributed by atoms with Crippen LogP contribution in [0.4, 0.5) is 0 Å². The Labute approximate surface area is 213 Å². The molecule has 1 unspecified atom stereocenters. The van der Waals surface area contributed by atoms with Gasteiger partial charge in [-0.05, 0) is 32.0 Å². The second kappa shape index (κ2) is 11.9. The summed E-state index contributed by atoms with van der Waals surface area (Å²) in [7, 11) is 1.20. The highest BCUT2D eigenvalue weighted by atomic mass is 35.5. The summed E-state index contributed by atoms with van der Waals surface area (Å²) in [6.07, 6.45) is 6.27. The van der Waals surface area contributed by atoms with Crippen molar-refractivity contribution in [3.63, 3.8) is 0 Å². The zero-order chi connectivity index (χ0) is 24.9. The molecular weight excluding hydrogens is 503 g/mol. The lowest BCUT2D eigenvalue weighted by Crippen LogP contribution is -2.53. The maximum absolute atomic E-state index is 12.9. The van der Waals surface area contributed by atoms with Gasteiger partial charge in [-0.3, -0.25) is 9.69 Å². The fraction of sp³-hybridized carbons (Fsp3) is 0.773. The zero-order valence-electron chi connectivity index (χ0n) is 20.2. The summed E-state index contributed by atoms with van der Waals surface area (Å²) in [4.78, 5) is 19.3. The summed E-state index contributed by atoms with van der Waals surface area (Å²) in [6.45, 7) is 5.92. The number of piperazine rings is 1. The summed E-state index contributed by atoms with van der Waals surface area (Å²) >= 11 is 12.5. The number of halogens is 2. The predicted octanol–water partition coefficient (Wildman–Crippen LogP) is 1.15. The number of hydrogen-bond acceptors (Lipinski definition) is 7. The van der Waals surface area contributed by atoms with Crippen molar-refractivity contribution in [2.45, 2.75) is 28.5 Å². The maximum atomic E-state index is 12.9. The van der Waals surface area contributed by atoms with Crippen molar-refractivity contribution in [1.82, 2.24) is 19.0 Å². The van der Waals surface area contributed by atoms with Gasteiger partial charge in [0, 0.05) is 58.9 Å². The third kappa shape index (κ3) is 6.87. The van der Waals surface area contributed by atoms with Crippen molar-refractivity contribution in [1.29, 1.82) is 0 Å². The molecule has 0 aromatic rings. The summed E-state index contributed by atoms with van der Waals surface area (Å²) in [5, 5.41) is -1.16. The summed E-state index contributed by atoms with van der Waals surface area (Å²) in [5.74, 6) is 0.337. The fourth-order valence-corrected chi connectivity index (χ4v) is 6.98. The number of alkyl halides is 2. The van der Waals surface area contributed by atoms with Crippen molar-refractivity contribution in [3.05, 3.63) is 24.0 Å². The number of likely N-dealkylation sites (tertiary alicyclic amines) is 1. The normalized spacial score (nSPS) is 24.9. The van der Waals surface area contributed by atoms with Gasteiger partial charge in [0.25, 0.3) is 0 Å². The molecule has 0 spiro atoms. The van der Waals surface area contributed by atoms with Crippen molar-refractivity contribution in [2.75, 3.05) is 80.2 Å². The molecule has 194 valence electrons. The highest BCUT2D eigenvalue weighted by Gasteiger charge is 2.44. The Kier molecular flexibility index (Phi) is 9.70. The second-order valence-electron chi connectivity index (χ2n) is 9.08. The number of sulfonamides is 1. The van der Waals surface area contributed by atoms with Crippen molar-refractivity contribution in [2.24, 2.45) is 0 Å². The lowest BCUT2D eigenvalue weighted by molar-refractivity contribution is -0.137. The van der Waals surface area contributed by atoms with Crippen LogP contribution in [0.1, 0.15) is 12.8 Å². The van der Waals surface area contributed by atoms with E-state index >= 15 is 0 Å². The zero-order valence-corrected chi connectivity index (χ0v) is 22.5. The SMILES string of the molecule is COC1=CC(Cl)(Cl)C(S(=O)(=O)N(C)CCOCC(=O)N2CCC(N3CCN(C)CC3)CC2)C=C1. The van der Waals surface area contributed by atoms with E-state index < -0.39 is 19.6 Å². The van der Waals surface area contributed by atoms with Gasteiger partial charge in [0.2, 0.25) is 15.9 Å². The van der Waals surface area contributed by atoms with Gasteiger partial charge in [-0.15, -0.1) is 0 Å². The molecule has 2 heterocycles. The Balaban J connectivity index is 1.38. The minimum absolute atomic E-state index is 0.0599. The fourth-order valence-electron chi connectivity index (χ4n) is 4.49. The molecule has 2 fully saturated rings. The number of allylic oxidation sites excluding steroid dienone is 2. The smallest absolute Gasteiger partial charge is 0.248 e. The average molecular weight is 540 g/mol. The van der Waals surface area contributed by atoms with Crippen LogP contribution in [0.3, 0.4) is 0 Å². The minimum Gasteiger partial charge on any atom is -0.497 e. The Morgan fingerprint density at radius 2 is 1.82 bits per heavy atom. The quantitative estimate of drug-likeness (QED) is 0.321. The van der Waals surface area contributed by atoms with Crippen LogP contribution in [0, 0.1) is 0 Å². The molecule has 0 bridgehead atoms. The van der Waals surface area contributed by atoms with E-state index in [4.69, 9.17) is 32.7 Å². The molecule has 0 saturated carbocycles. The summed E-state index contributed by atoms with van der Waals surface area (Å²) in [6, 6.07) is 0.539. The number of likely N-dealkylation sites (N-methyl/N-ethyl adjacent to an activating group) is 2. The second-order valence-corrected chi connectivity index (χ2v) is 12.7. The number of carbonyl (C=O) groups excluding carboxylic acids is 1. The van der Waals surface area contributed by atoms with Gasteiger partial charge in [-0.25, -0.2) is 12.7 Å². The predicted molar refractivity (Wildman–Crippen MR) is 133 cm³/mol. The third-order valence-corrected chi connectivity index (χ3v) is 9.96. The Bertz CT molecular complexity index is 867. The Morgan fingerprint density at radius 3 is 2.41 bits per heavy atom.